The minimum atomic E-state index is 0.0905. The third-order valence-corrected chi connectivity index (χ3v) is 4.20. The van der Waals surface area contributed by atoms with Gasteiger partial charge in [0.2, 0.25) is 5.91 Å². The van der Waals surface area contributed by atoms with Gasteiger partial charge in [-0.15, -0.1) is 0 Å². The van der Waals surface area contributed by atoms with Crippen molar-refractivity contribution in [1.29, 1.82) is 0 Å². The normalized spacial score (nSPS) is 11.6. The van der Waals surface area contributed by atoms with Crippen molar-refractivity contribution in [3.05, 3.63) is 48.0 Å². The van der Waals surface area contributed by atoms with Gasteiger partial charge in [-0.1, -0.05) is 42.5 Å². The topological polar surface area (TPSA) is 32.3 Å². The molecule has 0 aliphatic carbocycles. The Labute approximate surface area is 139 Å². The lowest BCUT2D eigenvalue weighted by Gasteiger charge is -2.30. The molecule has 0 fully saturated rings. The molecule has 0 unspecified atom stereocenters. The van der Waals surface area contributed by atoms with Crippen molar-refractivity contribution in [3.8, 4) is 0 Å². The van der Waals surface area contributed by atoms with Crippen LogP contribution in [0.1, 0.15) is 33.3 Å². The molecule has 3 heteroatoms. The average Bonchev–Trinajstić information content (AvgIpc) is 2.50. The number of rotatable bonds is 7. The molecular formula is C20H28N2O. The summed E-state index contributed by atoms with van der Waals surface area (Å²) in [5.41, 5.74) is 1.06. The fourth-order valence-corrected chi connectivity index (χ4v) is 3.03. The maximum absolute atomic E-state index is 12.1. The van der Waals surface area contributed by atoms with Crippen molar-refractivity contribution in [2.24, 2.45) is 0 Å². The Hall–Kier alpha value is -1.87. The summed E-state index contributed by atoms with van der Waals surface area (Å²) in [6.07, 6.45) is 0.439. The van der Waals surface area contributed by atoms with Gasteiger partial charge < -0.3 is 5.32 Å². The van der Waals surface area contributed by atoms with E-state index in [0.29, 0.717) is 25.0 Å². The molecule has 23 heavy (non-hydrogen) atoms. The first-order valence-electron chi connectivity index (χ1n) is 8.47. The van der Waals surface area contributed by atoms with Crippen LogP contribution in [-0.2, 0) is 11.2 Å². The summed E-state index contributed by atoms with van der Waals surface area (Å²) in [6, 6.07) is 15.4. The van der Waals surface area contributed by atoms with Gasteiger partial charge in [-0.25, -0.2) is 0 Å². The molecule has 2 aromatic carbocycles. The van der Waals surface area contributed by atoms with Gasteiger partial charge in [0, 0.05) is 25.2 Å². The summed E-state index contributed by atoms with van der Waals surface area (Å²) in [4.78, 5) is 14.5. The van der Waals surface area contributed by atoms with Crippen LogP contribution in [0.25, 0.3) is 10.8 Å². The highest BCUT2D eigenvalue weighted by molar-refractivity contribution is 5.85. The summed E-state index contributed by atoms with van der Waals surface area (Å²) >= 11 is 0. The van der Waals surface area contributed by atoms with E-state index in [1.807, 2.05) is 18.2 Å². The maximum Gasteiger partial charge on any atom is 0.224 e. The number of nitrogens with zero attached hydrogens (tertiary/aromatic N) is 1. The zero-order valence-electron chi connectivity index (χ0n) is 14.7. The van der Waals surface area contributed by atoms with Gasteiger partial charge in [-0.05, 0) is 44.0 Å². The molecule has 2 aromatic rings. The number of amides is 1. The standard InChI is InChI=1S/C20H28N2O/c1-15(2)22(16(3)4)12-11-21-20(23)14-17-9-10-18-7-5-6-8-19(18)13-17/h5-10,13,15-16H,11-12,14H2,1-4H3,(H,21,23). The van der Waals surface area contributed by atoms with E-state index in [0.717, 1.165) is 12.1 Å². The highest BCUT2D eigenvalue weighted by Gasteiger charge is 2.13. The molecule has 0 aliphatic heterocycles. The van der Waals surface area contributed by atoms with Crippen molar-refractivity contribution < 1.29 is 4.79 Å². The number of hydrogen-bond acceptors (Lipinski definition) is 2. The van der Waals surface area contributed by atoms with Crippen molar-refractivity contribution >= 4 is 16.7 Å². The van der Waals surface area contributed by atoms with E-state index in [2.05, 4.69) is 62.2 Å². The molecule has 0 saturated heterocycles. The smallest absolute Gasteiger partial charge is 0.224 e. The summed E-state index contributed by atoms with van der Waals surface area (Å²) in [7, 11) is 0. The van der Waals surface area contributed by atoms with Gasteiger partial charge in [-0.2, -0.15) is 0 Å². The molecule has 0 radical (unpaired) electrons. The van der Waals surface area contributed by atoms with Crippen molar-refractivity contribution in [3.63, 3.8) is 0 Å². The predicted molar refractivity (Wildman–Crippen MR) is 97.6 cm³/mol. The lowest BCUT2D eigenvalue weighted by Crippen LogP contribution is -2.42. The van der Waals surface area contributed by atoms with Crippen LogP contribution in [-0.4, -0.2) is 36.0 Å². The van der Waals surface area contributed by atoms with Crippen LogP contribution in [0.4, 0.5) is 0 Å². The van der Waals surface area contributed by atoms with Gasteiger partial charge in [0.1, 0.15) is 0 Å². The number of nitrogens with one attached hydrogen (secondary N) is 1. The fourth-order valence-electron chi connectivity index (χ4n) is 3.03. The molecule has 3 nitrogen and oxygen atoms in total. The predicted octanol–water partition coefficient (Wildman–Crippen LogP) is 3.62. The molecule has 0 bridgehead atoms. The van der Waals surface area contributed by atoms with Gasteiger partial charge in [0.25, 0.3) is 0 Å². The van der Waals surface area contributed by atoms with Crippen LogP contribution in [0.2, 0.25) is 0 Å². The van der Waals surface area contributed by atoms with Crippen molar-refractivity contribution in [1.82, 2.24) is 10.2 Å². The highest BCUT2D eigenvalue weighted by Crippen LogP contribution is 2.15. The van der Waals surface area contributed by atoms with Gasteiger partial charge >= 0.3 is 0 Å². The summed E-state index contributed by atoms with van der Waals surface area (Å²) in [5, 5.41) is 5.43. The second kappa shape index (κ2) is 8.11. The molecule has 0 aromatic heterocycles. The Balaban J connectivity index is 1.86. The third-order valence-electron chi connectivity index (χ3n) is 4.20. The number of hydrogen-bond donors (Lipinski definition) is 1. The Morgan fingerprint density at radius 1 is 1.00 bits per heavy atom. The minimum absolute atomic E-state index is 0.0905. The average molecular weight is 312 g/mol. The third kappa shape index (κ3) is 5.07. The van der Waals surface area contributed by atoms with E-state index >= 15 is 0 Å². The van der Waals surface area contributed by atoms with E-state index in [1.54, 1.807) is 0 Å². The quantitative estimate of drug-likeness (QED) is 0.847. The fraction of sp³-hybridized carbons (Fsp3) is 0.450. The first kappa shape index (κ1) is 17.5. The maximum atomic E-state index is 12.1. The zero-order valence-corrected chi connectivity index (χ0v) is 14.7. The molecule has 124 valence electrons. The van der Waals surface area contributed by atoms with Gasteiger partial charge in [-0.3, -0.25) is 9.69 Å². The second-order valence-corrected chi connectivity index (χ2v) is 6.63. The van der Waals surface area contributed by atoms with Crippen molar-refractivity contribution in [2.45, 2.75) is 46.2 Å². The lowest BCUT2D eigenvalue weighted by molar-refractivity contribution is -0.120. The lowest BCUT2D eigenvalue weighted by atomic mass is 10.0. The molecule has 0 saturated carbocycles. The highest BCUT2D eigenvalue weighted by atomic mass is 16.1. The summed E-state index contributed by atoms with van der Waals surface area (Å²) in [5.74, 6) is 0.0905. The molecule has 0 heterocycles. The SMILES string of the molecule is CC(C)N(CCNC(=O)Cc1ccc2ccccc2c1)C(C)C. The van der Waals surface area contributed by atoms with Gasteiger partial charge in [0.05, 0.1) is 6.42 Å². The van der Waals surface area contributed by atoms with Gasteiger partial charge in [0.15, 0.2) is 0 Å². The molecule has 0 spiro atoms. The van der Waals surface area contributed by atoms with Crippen LogP contribution in [0, 0.1) is 0 Å². The minimum Gasteiger partial charge on any atom is -0.355 e. The Morgan fingerprint density at radius 2 is 1.65 bits per heavy atom. The monoisotopic (exact) mass is 312 g/mol. The summed E-state index contributed by atoms with van der Waals surface area (Å²) in [6.45, 7) is 10.4. The molecule has 1 N–H and O–H groups in total. The van der Waals surface area contributed by atoms with E-state index in [-0.39, 0.29) is 5.91 Å². The molecule has 2 rings (SSSR count). The first-order chi connectivity index (χ1) is 11.0. The molecule has 1 amide bonds. The van der Waals surface area contributed by atoms with Crippen LogP contribution in [0.5, 0.6) is 0 Å². The van der Waals surface area contributed by atoms with E-state index in [4.69, 9.17) is 0 Å². The van der Waals surface area contributed by atoms with E-state index in [1.165, 1.54) is 10.8 Å². The molecule has 0 aliphatic rings. The molecular weight excluding hydrogens is 284 g/mol. The Morgan fingerprint density at radius 3 is 2.30 bits per heavy atom. The van der Waals surface area contributed by atoms with Crippen LogP contribution < -0.4 is 5.32 Å². The van der Waals surface area contributed by atoms with Crippen LogP contribution >= 0.6 is 0 Å². The second-order valence-electron chi connectivity index (χ2n) is 6.63. The number of carbonyl (C=O) groups is 1. The largest absolute Gasteiger partial charge is 0.355 e. The van der Waals surface area contributed by atoms with Crippen LogP contribution in [0.15, 0.2) is 42.5 Å². The number of benzene rings is 2. The Kier molecular flexibility index (Phi) is 6.17. The Bertz CT molecular complexity index is 641. The molecule has 0 atom stereocenters. The summed E-state index contributed by atoms with van der Waals surface area (Å²) < 4.78 is 0. The van der Waals surface area contributed by atoms with Crippen LogP contribution in [0.3, 0.4) is 0 Å². The first-order valence-corrected chi connectivity index (χ1v) is 8.47. The number of fused-ring (bicyclic) bond motifs is 1. The number of carbonyl (C=O) groups excluding carboxylic acids is 1. The van der Waals surface area contributed by atoms with E-state index < -0.39 is 0 Å². The van der Waals surface area contributed by atoms with Crippen molar-refractivity contribution in [2.75, 3.05) is 13.1 Å². The zero-order chi connectivity index (χ0) is 16.8. The van der Waals surface area contributed by atoms with E-state index in [9.17, 15) is 4.79 Å².